The Morgan fingerprint density at radius 2 is 2.10 bits per heavy atom. The van der Waals surface area contributed by atoms with Crippen LogP contribution in [0.15, 0.2) is 12.4 Å². The molecule has 1 aliphatic rings. The number of anilines is 1. The summed E-state index contributed by atoms with van der Waals surface area (Å²) in [6, 6.07) is 1.78. The zero-order valence-electron chi connectivity index (χ0n) is 12.3. The van der Waals surface area contributed by atoms with Crippen molar-refractivity contribution in [1.29, 1.82) is 0 Å². The summed E-state index contributed by atoms with van der Waals surface area (Å²) < 4.78 is 0. The van der Waals surface area contributed by atoms with E-state index < -0.39 is 0 Å². The summed E-state index contributed by atoms with van der Waals surface area (Å²) in [6.07, 6.45) is 4.79. The third-order valence-corrected chi connectivity index (χ3v) is 3.38. The second-order valence-electron chi connectivity index (χ2n) is 5.37. The molecule has 6 heteroatoms. The van der Waals surface area contributed by atoms with E-state index in [2.05, 4.69) is 25.1 Å². The van der Waals surface area contributed by atoms with Crippen LogP contribution in [-0.2, 0) is 0 Å². The van der Waals surface area contributed by atoms with E-state index in [-0.39, 0.29) is 5.91 Å². The highest BCUT2D eigenvalue weighted by Gasteiger charge is 2.15. The minimum atomic E-state index is -0.119. The van der Waals surface area contributed by atoms with Gasteiger partial charge in [-0.15, -0.1) is 0 Å². The van der Waals surface area contributed by atoms with E-state index in [0.29, 0.717) is 12.2 Å². The van der Waals surface area contributed by atoms with Crippen molar-refractivity contribution in [1.82, 2.24) is 20.2 Å². The van der Waals surface area contributed by atoms with E-state index in [9.17, 15) is 4.79 Å². The van der Waals surface area contributed by atoms with Crippen molar-refractivity contribution in [3.05, 3.63) is 18.1 Å². The van der Waals surface area contributed by atoms with Gasteiger partial charge in [-0.3, -0.25) is 4.79 Å². The van der Waals surface area contributed by atoms with Crippen molar-refractivity contribution in [2.75, 3.05) is 45.2 Å². The van der Waals surface area contributed by atoms with Crippen LogP contribution in [0.5, 0.6) is 0 Å². The van der Waals surface area contributed by atoms with E-state index in [1.165, 1.54) is 19.2 Å². The molecule has 1 aromatic rings. The van der Waals surface area contributed by atoms with E-state index in [1.54, 1.807) is 6.07 Å². The normalized spacial score (nSPS) is 14.8. The van der Waals surface area contributed by atoms with Crippen molar-refractivity contribution in [3.63, 3.8) is 0 Å². The number of nitrogens with zero attached hydrogens (tertiary/aromatic N) is 4. The fraction of sp³-hybridized carbons (Fsp3) is 0.643. The second kappa shape index (κ2) is 7.19. The molecule has 0 aromatic carbocycles. The van der Waals surface area contributed by atoms with Gasteiger partial charge in [-0.1, -0.05) is 0 Å². The maximum Gasteiger partial charge on any atom is 0.270 e. The summed E-state index contributed by atoms with van der Waals surface area (Å²) >= 11 is 0. The highest BCUT2D eigenvalue weighted by molar-refractivity contribution is 5.92. The van der Waals surface area contributed by atoms with E-state index in [4.69, 9.17) is 0 Å². The molecule has 0 radical (unpaired) electrons. The van der Waals surface area contributed by atoms with Crippen molar-refractivity contribution in [2.45, 2.75) is 19.3 Å². The van der Waals surface area contributed by atoms with Crippen molar-refractivity contribution in [3.8, 4) is 0 Å². The Hall–Kier alpha value is -1.69. The molecule has 1 fully saturated rings. The Kier molecular flexibility index (Phi) is 5.29. The van der Waals surface area contributed by atoms with E-state index in [0.717, 1.165) is 31.9 Å². The lowest BCUT2D eigenvalue weighted by atomic mass is 10.3. The van der Waals surface area contributed by atoms with Crippen molar-refractivity contribution < 1.29 is 4.79 Å². The molecule has 0 atom stereocenters. The third-order valence-electron chi connectivity index (χ3n) is 3.38. The molecular formula is C14H23N5O. The van der Waals surface area contributed by atoms with Crippen LogP contribution in [0.2, 0.25) is 0 Å². The van der Waals surface area contributed by atoms with Crippen LogP contribution in [-0.4, -0.2) is 61.0 Å². The minimum Gasteiger partial charge on any atom is -0.357 e. The number of amides is 1. The van der Waals surface area contributed by atoms with Crippen molar-refractivity contribution >= 4 is 11.7 Å². The van der Waals surface area contributed by atoms with Gasteiger partial charge in [-0.2, -0.15) is 0 Å². The predicted molar refractivity (Wildman–Crippen MR) is 79.0 cm³/mol. The zero-order valence-corrected chi connectivity index (χ0v) is 12.3. The number of carbonyl (C=O) groups excluding carboxylic acids is 1. The number of nitrogens with one attached hydrogen (secondary N) is 1. The van der Waals surface area contributed by atoms with Gasteiger partial charge in [0.1, 0.15) is 17.8 Å². The molecule has 1 saturated heterocycles. The Bertz CT molecular complexity index is 443. The number of aromatic nitrogens is 2. The monoisotopic (exact) mass is 277 g/mol. The molecule has 20 heavy (non-hydrogen) atoms. The number of carbonyl (C=O) groups is 1. The molecule has 0 spiro atoms. The molecule has 0 unspecified atom stereocenters. The van der Waals surface area contributed by atoms with E-state index >= 15 is 0 Å². The Morgan fingerprint density at radius 3 is 2.80 bits per heavy atom. The predicted octanol–water partition coefficient (Wildman–Crippen LogP) is 0.758. The van der Waals surface area contributed by atoms with Crippen LogP contribution in [0.4, 0.5) is 5.82 Å². The van der Waals surface area contributed by atoms with Gasteiger partial charge in [0.05, 0.1) is 0 Å². The standard InChI is InChI=1S/C14H23N5O/c1-18(2)7-5-6-15-14(20)12-10-13(17-11-16-12)19-8-3-4-9-19/h10-11H,3-9H2,1-2H3,(H,15,20). The lowest BCUT2D eigenvalue weighted by Crippen LogP contribution is -2.28. The highest BCUT2D eigenvalue weighted by atomic mass is 16.1. The fourth-order valence-electron chi connectivity index (χ4n) is 2.28. The van der Waals surface area contributed by atoms with Crippen LogP contribution in [0.1, 0.15) is 29.8 Å². The van der Waals surface area contributed by atoms with Crippen LogP contribution < -0.4 is 10.2 Å². The number of rotatable bonds is 6. The van der Waals surface area contributed by atoms with Gasteiger partial charge in [0, 0.05) is 25.7 Å². The lowest BCUT2D eigenvalue weighted by Gasteiger charge is -2.16. The quantitative estimate of drug-likeness (QED) is 0.778. The number of hydrogen-bond donors (Lipinski definition) is 1. The Morgan fingerprint density at radius 1 is 1.35 bits per heavy atom. The summed E-state index contributed by atoms with van der Waals surface area (Å²) in [5.74, 6) is 0.738. The summed E-state index contributed by atoms with van der Waals surface area (Å²) in [5, 5.41) is 2.90. The van der Waals surface area contributed by atoms with Gasteiger partial charge >= 0.3 is 0 Å². The molecule has 1 aliphatic heterocycles. The summed E-state index contributed by atoms with van der Waals surface area (Å²) in [5.41, 5.74) is 0.451. The first-order chi connectivity index (χ1) is 9.66. The minimum absolute atomic E-state index is 0.119. The lowest BCUT2D eigenvalue weighted by molar-refractivity contribution is 0.0947. The molecule has 0 aliphatic carbocycles. The van der Waals surface area contributed by atoms with Crippen molar-refractivity contribution in [2.24, 2.45) is 0 Å². The zero-order chi connectivity index (χ0) is 14.4. The molecule has 1 N–H and O–H groups in total. The van der Waals surface area contributed by atoms with Crippen LogP contribution in [0.3, 0.4) is 0 Å². The highest BCUT2D eigenvalue weighted by Crippen LogP contribution is 2.17. The molecule has 6 nitrogen and oxygen atoms in total. The Balaban J connectivity index is 1.87. The van der Waals surface area contributed by atoms with Gasteiger partial charge in [0.15, 0.2) is 0 Å². The van der Waals surface area contributed by atoms with Gasteiger partial charge in [0.2, 0.25) is 0 Å². The fourth-order valence-corrected chi connectivity index (χ4v) is 2.28. The average molecular weight is 277 g/mol. The smallest absolute Gasteiger partial charge is 0.270 e. The van der Waals surface area contributed by atoms with Gasteiger partial charge in [-0.25, -0.2) is 9.97 Å². The van der Waals surface area contributed by atoms with Gasteiger partial charge < -0.3 is 15.1 Å². The van der Waals surface area contributed by atoms with Gasteiger partial charge in [-0.05, 0) is 39.9 Å². The molecular weight excluding hydrogens is 254 g/mol. The van der Waals surface area contributed by atoms with Crippen LogP contribution >= 0.6 is 0 Å². The topological polar surface area (TPSA) is 61.4 Å². The summed E-state index contributed by atoms with van der Waals surface area (Å²) in [7, 11) is 4.04. The first-order valence-electron chi connectivity index (χ1n) is 7.17. The van der Waals surface area contributed by atoms with Gasteiger partial charge in [0.25, 0.3) is 5.91 Å². The molecule has 0 saturated carbocycles. The average Bonchev–Trinajstić information content (AvgIpc) is 2.97. The first kappa shape index (κ1) is 14.7. The summed E-state index contributed by atoms with van der Waals surface area (Å²) in [6.45, 7) is 3.66. The summed E-state index contributed by atoms with van der Waals surface area (Å²) in [4.78, 5) is 24.6. The SMILES string of the molecule is CN(C)CCCNC(=O)c1cc(N2CCCC2)ncn1. The second-order valence-corrected chi connectivity index (χ2v) is 5.37. The van der Waals surface area contributed by atoms with Crippen LogP contribution in [0.25, 0.3) is 0 Å². The van der Waals surface area contributed by atoms with Crippen LogP contribution in [0, 0.1) is 0 Å². The van der Waals surface area contributed by atoms with E-state index in [1.807, 2.05) is 14.1 Å². The maximum atomic E-state index is 12.0. The molecule has 0 bridgehead atoms. The largest absolute Gasteiger partial charge is 0.357 e. The molecule has 110 valence electrons. The number of hydrogen-bond acceptors (Lipinski definition) is 5. The molecule has 2 rings (SSSR count). The molecule has 1 amide bonds. The first-order valence-corrected chi connectivity index (χ1v) is 7.17. The third kappa shape index (κ3) is 4.16. The molecule has 2 heterocycles. The molecule has 1 aromatic heterocycles. The maximum absolute atomic E-state index is 12.0. The Labute approximate surface area is 120 Å².